The van der Waals surface area contributed by atoms with Crippen LogP contribution in [0.5, 0.6) is 0 Å². The lowest BCUT2D eigenvalue weighted by Crippen LogP contribution is -2.44. The van der Waals surface area contributed by atoms with Crippen LogP contribution in [0, 0.1) is 5.82 Å². The van der Waals surface area contributed by atoms with E-state index in [2.05, 4.69) is 20.7 Å². The molecule has 0 fully saturated rings. The average molecular weight is 355 g/mol. The van der Waals surface area contributed by atoms with E-state index in [0.717, 1.165) is 12.1 Å². The smallest absolute Gasteiger partial charge is 0.243 e. The number of hydrogen-bond acceptors (Lipinski definition) is 4. The molecule has 0 aromatic heterocycles. The second-order valence-corrected chi connectivity index (χ2v) is 7.27. The summed E-state index contributed by atoms with van der Waals surface area (Å²) in [6, 6.07) is 2.06. The molecule has 0 bridgehead atoms. The van der Waals surface area contributed by atoms with Gasteiger partial charge in [0, 0.05) is 12.1 Å². The predicted octanol–water partition coefficient (Wildman–Crippen LogP) is 1.61. The molecule has 0 aliphatic heterocycles. The number of nitrogen functional groups attached to an aromatic ring is 1. The van der Waals surface area contributed by atoms with Crippen molar-refractivity contribution in [2.45, 2.75) is 30.7 Å². The summed E-state index contributed by atoms with van der Waals surface area (Å²) in [5.74, 6) is -0.633. The van der Waals surface area contributed by atoms with Gasteiger partial charge in [-0.3, -0.25) is 0 Å². The highest BCUT2D eigenvalue weighted by molar-refractivity contribution is 9.10. The van der Waals surface area contributed by atoms with Crippen LogP contribution in [0.25, 0.3) is 0 Å². The van der Waals surface area contributed by atoms with E-state index in [1.165, 1.54) is 0 Å². The van der Waals surface area contributed by atoms with Crippen LogP contribution in [0.15, 0.2) is 21.5 Å². The normalized spacial score (nSPS) is 12.7. The number of aliphatic hydroxyl groups excluding tert-OH is 1. The van der Waals surface area contributed by atoms with Gasteiger partial charge in [-0.1, -0.05) is 0 Å². The molecule has 0 radical (unpaired) electrons. The van der Waals surface area contributed by atoms with Gasteiger partial charge >= 0.3 is 0 Å². The summed E-state index contributed by atoms with van der Waals surface area (Å²) in [6.07, 6.45) is 0.245. The van der Waals surface area contributed by atoms with Gasteiger partial charge in [0.1, 0.15) is 10.7 Å². The standard InChI is InChI=1S/C11H16BrFN2O3S/c1-11(2,3-4-16)15-19(17,18)10-5-7(12)8(13)6-9(10)14/h5-6,15-16H,3-4,14H2,1-2H3. The third kappa shape index (κ3) is 4.13. The zero-order valence-corrected chi connectivity index (χ0v) is 13.0. The molecule has 8 heteroatoms. The summed E-state index contributed by atoms with van der Waals surface area (Å²) < 4.78 is 40.1. The first-order valence-electron chi connectivity index (χ1n) is 5.48. The molecule has 1 aromatic rings. The average Bonchev–Trinajstić information content (AvgIpc) is 2.21. The molecule has 0 spiro atoms. The molecular formula is C11H16BrFN2O3S. The number of benzene rings is 1. The first-order valence-corrected chi connectivity index (χ1v) is 7.76. The molecule has 1 aromatic carbocycles. The Morgan fingerprint density at radius 3 is 2.58 bits per heavy atom. The Morgan fingerprint density at radius 2 is 2.05 bits per heavy atom. The van der Waals surface area contributed by atoms with Crippen molar-refractivity contribution in [1.29, 1.82) is 0 Å². The lowest BCUT2D eigenvalue weighted by Gasteiger charge is -2.25. The van der Waals surface area contributed by atoms with E-state index in [1.54, 1.807) is 13.8 Å². The van der Waals surface area contributed by atoms with Crippen molar-refractivity contribution < 1.29 is 17.9 Å². The Bertz CT molecular complexity index is 576. The lowest BCUT2D eigenvalue weighted by atomic mass is 10.0. The number of aliphatic hydroxyl groups is 1. The molecule has 0 saturated carbocycles. The van der Waals surface area contributed by atoms with Crippen LogP contribution in [-0.2, 0) is 10.0 Å². The molecule has 0 atom stereocenters. The van der Waals surface area contributed by atoms with Crippen LogP contribution in [0.4, 0.5) is 10.1 Å². The quantitative estimate of drug-likeness (QED) is 0.700. The molecule has 5 nitrogen and oxygen atoms in total. The summed E-state index contributed by atoms with van der Waals surface area (Å²) >= 11 is 2.92. The SMILES string of the molecule is CC(C)(CCO)NS(=O)(=O)c1cc(Br)c(F)cc1N. The van der Waals surface area contributed by atoms with Gasteiger partial charge in [0.2, 0.25) is 10.0 Å². The van der Waals surface area contributed by atoms with Crippen molar-refractivity contribution in [1.82, 2.24) is 4.72 Å². The van der Waals surface area contributed by atoms with Gasteiger partial charge in [0.15, 0.2) is 0 Å². The molecule has 19 heavy (non-hydrogen) atoms. The Labute approximate surface area is 120 Å². The highest BCUT2D eigenvalue weighted by Crippen LogP contribution is 2.27. The van der Waals surface area contributed by atoms with E-state index in [1.807, 2.05) is 0 Å². The van der Waals surface area contributed by atoms with Gasteiger partial charge in [0.25, 0.3) is 0 Å². The predicted molar refractivity (Wildman–Crippen MR) is 74.6 cm³/mol. The lowest BCUT2D eigenvalue weighted by molar-refractivity contribution is 0.246. The summed E-state index contributed by atoms with van der Waals surface area (Å²) in [5, 5.41) is 8.89. The molecule has 1 rings (SSSR count). The van der Waals surface area contributed by atoms with E-state index >= 15 is 0 Å². The monoisotopic (exact) mass is 354 g/mol. The summed E-state index contributed by atoms with van der Waals surface area (Å²) in [7, 11) is -3.89. The molecule has 0 heterocycles. The first kappa shape index (κ1) is 16.4. The maximum Gasteiger partial charge on any atom is 0.243 e. The molecule has 4 N–H and O–H groups in total. The Morgan fingerprint density at radius 1 is 1.47 bits per heavy atom. The van der Waals surface area contributed by atoms with E-state index in [-0.39, 0.29) is 28.1 Å². The Hall–Kier alpha value is -0.700. The van der Waals surface area contributed by atoms with Crippen molar-refractivity contribution in [2.24, 2.45) is 0 Å². The molecule has 0 saturated heterocycles. The van der Waals surface area contributed by atoms with Gasteiger partial charge in [-0.05, 0) is 48.3 Å². The second-order valence-electron chi connectivity index (χ2n) is 4.77. The number of nitrogens with one attached hydrogen (secondary N) is 1. The number of halogens is 2. The molecule has 108 valence electrons. The minimum atomic E-state index is -3.89. The molecule has 0 amide bonds. The van der Waals surface area contributed by atoms with E-state index in [0.29, 0.717) is 0 Å². The fourth-order valence-corrected chi connectivity index (χ4v) is 3.60. The largest absolute Gasteiger partial charge is 0.398 e. The number of nitrogens with two attached hydrogens (primary N) is 1. The van der Waals surface area contributed by atoms with Gasteiger partial charge in [-0.2, -0.15) is 0 Å². The van der Waals surface area contributed by atoms with Crippen LogP contribution in [-0.4, -0.2) is 25.7 Å². The maximum atomic E-state index is 13.2. The molecule has 0 aliphatic rings. The van der Waals surface area contributed by atoms with Gasteiger partial charge < -0.3 is 10.8 Å². The van der Waals surface area contributed by atoms with Crippen LogP contribution in [0.1, 0.15) is 20.3 Å². The van der Waals surface area contributed by atoms with Crippen molar-refractivity contribution in [3.63, 3.8) is 0 Å². The fraction of sp³-hybridized carbons (Fsp3) is 0.455. The van der Waals surface area contributed by atoms with Crippen LogP contribution in [0.2, 0.25) is 0 Å². The van der Waals surface area contributed by atoms with Crippen LogP contribution >= 0.6 is 15.9 Å². The Balaban J connectivity index is 3.18. The number of sulfonamides is 1. The maximum absolute atomic E-state index is 13.2. The third-order valence-electron chi connectivity index (χ3n) is 2.49. The van der Waals surface area contributed by atoms with Gasteiger partial charge in [-0.25, -0.2) is 17.5 Å². The van der Waals surface area contributed by atoms with Crippen molar-refractivity contribution in [2.75, 3.05) is 12.3 Å². The summed E-state index contributed by atoms with van der Waals surface area (Å²) in [6.45, 7) is 3.11. The van der Waals surface area contributed by atoms with Crippen molar-refractivity contribution >= 4 is 31.6 Å². The second kappa shape index (κ2) is 5.74. The number of hydrogen-bond donors (Lipinski definition) is 3. The highest BCUT2D eigenvalue weighted by atomic mass is 79.9. The number of anilines is 1. The van der Waals surface area contributed by atoms with Crippen LogP contribution in [0.3, 0.4) is 0 Å². The first-order chi connectivity index (χ1) is 8.59. The van der Waals surface area contributed by atoms with Crippen molar-refractivity contribution in [3.05, 3.63) is 22.4 Å². The van der Waals surface area contributed by atoms with E-state index < -0.39 is 21.4 Å². The molecule has 0 unspecified atom stereocenters. The molecular weight excluding hydrogens is 339 g/mol. The fourth-order valence-electron chi connectivity index (χ4n) is 1.53. The van der Waals surface area contributed by atoms with Crippen LogP contribution < -0.4 is 10.5 Å². The highest BCUT2D eigenvalue weighted by Gasteiger charge is 2.27. The summed E-state index contributed by atoms with van der Waals surface area (Å²) in [5.41, 5.74) is 4.53. The summed E-state index contributed by atoms with van der Waals surface area (Å²) in [4.78, 5) is -0.202. The van der Waals surface area contributed by atoms with Gasteiger partial charge in [0.05, 0.1) is 10.2 Å². The molecule has 0 aliphatic carbocycles. The third-order valence-corrected chi connectivity index (χ3v) is 4.85. The topological polar surface area (TPSA) is 92.4 Å². The zero-order chi connectivity index (χ0) is 14.8. The van der Waals surface area contributed by atoms with E-state index in [4.69, 9.17) is 10.8 Å². The van der Waals surface area contributed by atoms with Crippen molar-refractivity contribution in [3.8, 4) is 0 Å². The minimum Gasteiger partial charge on any atom is -0.398 e. The minimum absolute atomic E-state index is 0.0158. The zero-order valence-electron chi connectivity index (χ0n) is 10.6. The van der Waals surface area contributed by atoms with E-state index in [9.17, 15) is 12.8 Å². The number of rotatable bonds is 5. The van der Waals surface area contributed by atoms with Gasteiger partial charge in [-0.15, -0.1) is 0 Å². The Kier molecular flexibility index (Phi) is 4.94.